The third kappa shape index (κ3) is 9.86. The second-order valence-corrected chi connectivity index (χ2v) is 17.7. The van der Waals surface area contributed by atoms with Crippen LogP contribution in [0.15, 0.2) is 36.5 Å². The van der Waals surface area contributed by atoms with Crippen molar-refractivity contribution >= 4 is 0 Å². The maximum atomic E-state index is 14.5. The molecule has 4 fully saturated rings. The van der Waals surface area contributed by atoms with Crippen molar-refractivity contribution in [3.63, 3.8) is 0 Å². The molecule has 0 spiro atoms. The summed E-state index contributed by atoms with van der Waals surface area (Å²) in [5.74, 6) is -0.755. The van der Waals surface area contributed by atoms with Gasteiger partial charge in [-0.15, -0.1) is 6.58 Å². The zero-order chi connectivity index (χ0) is 36.2. The van der Waals surface area contributed by atoms with Crippen LogP contribution in [-0.2, 0) is 0 Å². The number of halogens is 3. The second kappa shape index (κ2) is 17.3. The molecule has 5 rings (SSSR count). The number of nitrogens with one attached hydrogen (secondary N) is 1. The van der Waals surface area contributed by atoms with Crippen molar-refractivity contribution in [1.29, 1.82) is 0 Å². The predicted molar refractivity (Wildman–Crippen MR) is 196 cm³/mol. The van der Waals surface area contributed by atoms with Crippen molar-refractivity contribution in [3.8, 4) is 0 Å². The summed E-state index contributed by atoms with van der Waals surface area (Å²) in [6.07, 6.45) is 12.2. The lowest BCUT2D eigenvalue weighted by Crippen LogP contribution is -2.48. The molecule has 0 amide bonds. The Bertz CT molecular complexity index is 1140. The molecular weight excluding hydrogens is 637 g/mol. The van der Waals surface area contributed by atoms with Gasteiger partial charge in [0.05, 0.1) is 12.0 Å². The lowest BCUT2D eigenvalue weighted by molar-refractivity contribution is -0.201. The molecule has 1 aliphatic heterocycles. The van der Waals surface area contributed by atoms with E-state index in [4.69, 9.17) is 0 Å². The van der Waals surface area contributed by atoms with Gasteiger partial charge in [-0.2, -0.15) is 13.2 Å². The van der Waals surface area contributed by atoms with Gasteiger partial charge in [-0.1, -0.05) is 44.6 Å². The van der Waals surface area contributed by atoms with Gasteiger partial charge in [0.2, 0.25) is 0 Å². The first-order chi connectivity index (χ1) is 23.7. The lowest BCUT2D eigenvalue weighted by Gasteiger charge is -2.46. The Balaban J connectivity index is 1.24. The van der Waals surface area contributed by atoms with Crippen molar-refractivity contribution in [3.05, 3.63) is 36.5 Å². The van der Waals surface area contributed by atoms with E-state index in [1.54, 1.807) is 0 Å². The van der Waals surface area contributed by atoms with Crippen molar-refractivity contribution in [1.82, 2.24) is 10.2 Å². The molecule has 1 saturated heterocycles. The number of hydrogen-bond donors (Lipinski definition) is 4. The van der Waals surface area contributed by atoms with Crippen molar-refractivity contribution < 1.29 is 28.5 Å². The molecule has 5 aliphatic rings. The molecule has 10 atom stereocenters. The van der Waals surface area contributed by atoms with E-state index in [9.17, 15) is 28.5 Å². The van der Waals surface area contributed by atoms with E-state index in [0.717, 1.165) is 83.7 Å². The minimum atomic E-state index is -4.24. The largest absolute Gasteiger partial charge is 0.392 e. The molecule has 0 radical (unpaired) electrons. The highest BCUT2D eigenvalue weighted by Gasteiger charge is 2.49. The quantitative estimate of drug-likeness (QED) is 0.128. The fourth-order valence-corrected chi connectivity index (χ4v) is 11.2. The molecule has 50 heavy (non-hydrogen) atoms. The first-order valence-electron chi connectivity index (χ1n) is 20.3. The Morgan fingerprint density at radius 2 is 1.68 bits per heavy atom. The summed E-state index contributed by atoms with van der Waals surface area (Å²) in [5.41, 5.74) is 2.11. The van der Waals surface area contributed by atoms with Crippen LogP contribution in [0.4, 0.5) is 13.2 Å². The lowest BCUT2D eigenvalue weighted by atomic mass is 9.63. The molecule has 1 heterocycles. The molecule has 3 saturated carbocycles. The Kier molecular flexibility index (Phi) is 13.8. The normalized spacial score (nSPS) is 36.6. The van der Waals surface area contributed by atoms with Crippen LogP contribution < -0.4 is 5.32 Å². The number of rotatable bonds is 11. The maximum Gasteiger partial charge on any atom is 0.392 e. The third-order valence-electron chi connectivity index (χ3n) is 14.5. The predicted octanol–water partition coefficient (Wildman–Crippen LogP) is 8.66. The highest BCUT2D eigenvalue weighted by atomic mass is 19.4. The Hall–Kier alpha value is -1.19. The van der Waals surface area contributed by atoms with Gasteiger partial charge in [0, 0.05) is 25.4 Å². The van der Waals surface area contributed by atoms with Crippen molar-refractivity contribution in [2.75, 3.05) is 26.7 Å². The molecule has 0 aromatic heterocycles. The highest BCUT2D eigenvalue weighted by Crippen LogP contribution is 2.49. The van der Waals surface area contributed by atoms with Gasteiger partial charge in [-0.05, 0) is 162 Å². The number of allylic oxidation sites excluding steroid dienone is 3. The van der Waals surface area contributed by atoms with Crippen molar-refractivity contribution in [2.45, 2.75) is 141 Å². The number of aliphatic hydroxyl groups excluding tert-OH is 1. The summed E-state index contributed by atoms with van der Waals surface area (Å²) in [5, 5.41) is 35.8. The van der Waals surface area contributed by atoms with Gasteiger partial charge in [0.25, 0.3) is 0 Å². The van der Waals surface area contributed by atoms with Crippen LogP contribution in [0.5, 0.6) is 0 Å². The zero-order valence-corrected chi connectivity index (χ0v) is 31.4. The van der Waals surface area contributed by atoms with Crippen LogP contribution >= 0.6 is 0 Å². The zero-order valence-electron chi connectivity index (χ0n) is 31.4. The van der Waals surface area contributed by atoms with Gasteiger partial charge in [0.1, 0.15) is 0 Å². The first kappa shape index (κ1) is 40.0. The number of piperidine rings is 1. The standard InChI is InChI=1S/C42H69F3N2O3/c1-6-7-32-11-10-30(31-16-20-41(49,50)21-17-31)14-15-36(32)39(46-5)37-24-34(9-8-28(37)3)40(48)29(4)33-12-13-35(38(25-33)42(43,44)45)26-47-22-18-27(2)19-23-47/h6,14,27-28,31-40,46,48-50H,1,4,7-13,15-26H2,2-3,5H3. The van der Waals surface area contributed by atoms with Gasteiger partial charge in [0.15, 0.2) is 5.79 Å². The smallest absolute Gasteiger partial charge is 0.388 e. The summed E-state index contributed by atoms with van der Waals surface area (Å²) in [7, 11) is 2.07. The number of hydrogen-bond acceptors (Lipinski definition) is 5. The average molecular weight is 707 g/mol. The molecule has 4 aliphatic carbocycles. The molecule has 5 nitrogen and oxygen atoms in total. The fourth-order valence-electron chi connectivity index (χ4n) is 11.2. The molecule has 8 heteroatoms. The molecular formula is C42H69F3N2O3. The monoisotopic (exact) mass is 707 g/mol. The van der Waals surface area contributed by atoms with Crippen LogP contribution in [0.3, 0.4) is 0 Å². The van der Waals surface area contributed by atoms with Gasteiger partial charge in [-0.3, -0.25) is 0 Å². The van der Waals surface area contributed by atoms with E-state index in [0.29, 0.717) is 73.3 Å². The summed E-state index contributed by atoms with van der Waals surface area (Å²) in [6, 6.07) is 0.255. The first-order valence-corrected chi connectivity index (χ1v) is 20.3. The Labute approximate surface area is 301 Å². The Morgan fingerprint density at radius 3 is 2.32 bits per heavy atom. The SMILES string of the molecule is C=CCC1CCC(C2CCC(O)(O)CC2)=CCC1C(NC)C1CC(C(O)C(=C)C2CCC(CN3CCC(C)CC3)C(C(F)(F)F)C2)CCC1C. The Morgan fingerprint density at radius 1 is 0.980 bits per heavy atom. The van der Waals surface area contributed by atoms with Gasteiger partial charge < -0.3 is 25.5 Å². The van der Waals surface area contributed by atoms with Crippen LogP contribution in [-0.4, -0.2) is 71.0 Å². The van der Waals surface area contributed by atoms with E-state index in [-0.39, 0.29) is 30.2 Å². The topological polar surface area (TPSA) is 76.0 Å². The van der Waals surface area contributed by atoms with Crippen LogP contribution in [0, 0.1) is 59.2 Å². The summed E-state index contributed by atoms with van der Waals surface area (Å²) in [4.78, 5) is 2.26. The van der Waals surface area contributed by atoms with Crippen LogP contribution in [0.25, 0.3) is 0 Å². The summed E-state index contributed by atoms with van der Waals surface area (Å²) < 4.78 is 43.6. The third-order valence-corrected chi connectivity index (χ3v) is 14.5. The van der Waals surface area contributed by atoms with E-state index in [2.05, 4.69) is 56.4 Å². The van der Waals surface area contributed by atoms with E-state index < -0.39 is 24.0 Å². The molecule has 0 aromatic carbocycles. The molecule has 10 unspecified atom stereocenters. The van der Waals surface area contributed by atoms with E-state index >= 15 is 0 Å². The molecule has 0 bridgehead atoms. The number of aliphatic hydroxyl groups is 3. The fraction of sp³-hybridized carbons (Fsp3) is 0.857. The molecule has 4 N–H and O–H groups in total. The van der Waals surface area contributed by atoms with Crippen LogP contribution in [0.2, 0.25) is 0 Å². The van der Waals surface area contributed by atoms with Gasteiger partial charge >= 0.3 is 6.18 Å². The maximum absolute atomic E-state index is 14.5. The molecule has 286 valence electrons. The van der Waals surface area contributed by atoms with Gasteiger partial charge in [-0.25, -0.2) is 0 Å². The molecule has 0 aromatic rings. The van der Waals surface area contributed by atoms with E-state index in [1.807, 2.05) is 0 Å². The second-order valence-electron chi connectivity index (χ2n) is 17.7. The highest BCUT2D eigenvalue weighted by molar-refractivity contribution is 5.15. The average Bonchev–Trinajstić information content (AvgIpc) is 3.29. The van der Waals surface area contributed by atoms with E-state index in [1.165, 1.54) is 5.57 Å². The number of nitrogens with zero attached hydrogens (tertiary/aromatic N) is 1. The summed E-state index contributed by atoms with van der Waals surface area (Å²) in [6.45, 7) is 15.3. The van der Waals surface area contributed by atoms with Crippen LogP contribution in [0.1, 0.15) is 117 Å². The summed E-state index contributed by atoms with van der Waals surface area (Å²) >= 11 is 0. The van der Waals surface area contributed by atoms with Crippen molar-refractivity contribution in [2.24, 2.45) is 59.2 Å². The minimum absolute atomic E-state index is 0.00570. The number of alkyl halides is 3. The minimum Gasteiger partial charge on any atom is -0.388 e. The number of likely N-dealkylation sites (tertiary alicyclic amines) is 1.